The molecule has 0 spiro atoms. The van der Waals surface area contributed by atoms with Crippen molar-refractivity contribution < 1.29 is 14.2 Å². The zero-order chi connectivity index (χ0) is 16.4. The number of rotatable bonds is 4. The summed E-state index contributed by atoms with van der Waals surface area (Å²) in [4.78, 5) is 22.0. The van der Waals surface area contributed by atoms with Crippen molar-refractivity contribution in [3.05, 3.63) is 28.3 Å². The van der Waals surface area contributed by atoms with Crippen LogP contribution in [0.2, 0.25) is 0 Å². The Morgan fingerprint density at radius 1 is 1.35 bits per heavy atom. The van der Waals surface area contributed by atoms with Crippen LogP contribution < -0.4 is 15.0 Å². The molecule has 1 aromatic carbocycles. The number of aromatic nitrogens is 2. The largest absolute Gasteiger partial charge is 0.493 e. The summed E-state index contributed by atoms with van der Waals surface area (Å²) >= 11 is 0. The van der Waals surface area contributed by atoms with E-state index in [9.17, 15) is 4.79 Å². The van der Waals surface area contributed by atoms with Gasteiger partial charge in [0, 0.05) is 19.2 Å². The second-order valence-corrected chi connectivity index (χ2v) is 5.65. The average Bonchev–Trinajstić information content (AvgIpc) is 2.53. The lowest BCUT2D eigenvalue weighted by Crippen LogP contribution is -2.41. The summed E-state index contributed by atoms with van der Waals surface area (Å²) in [6.45, 7) is 4.99. The molecule has 1 fully saturated rings. The van der Waals surface area contributed by atoms with Gasteiger partial charge in [-0.2, -0.15) is 0 Å². The number of morpholine rings is 1. The fourth-order valence-corrected chi connectivity index (χ4v) is 2.84. The molecule has 124 valence electrons. The number of fused-ring (bicyclic) bond motifs is 1. The summed E-state index contributed by atoms with van der Waals surface area (Å²) in [5, 5.41) is 0.488. The summed E-state index contributed by atoms with van der Waals surface area (Å²) in [5.74, 6) is 1.72. The molecule has 7 heteroatoms. The maximum absolute atomic E-state index is 12.3. The molecular weight excluding hydrogens is 298 g/mol. The van der Waals surface area contributed by atoms with Gasteiger partial charge >= 0.3 is 0 Å². The molecule has 2 heterocycles. The van der Waals surface area contributed by atoms with Gasteiger partial charge in [0.1, 0.15) is 5.82 Å². The Kier molecular flexibility index (Phi) is 4.49. The first kappa shape index (κ1) is 15.8. The van der Waals surface area contributed by atoms with Crippen LogP contribution in [0.3, 0.4) is 0 Å². The van der Waals surface area contributed by atoms with Gasteiger partial charge in [-0.3, -0.25) is 9.69 Å². The van der Waals surface area contributed by atoms with Gasteiger partial charge in [-0.25, -0.2) is 4.98 Å². The van der Waals surface area contributed by atoms with Crippen molar-refractivity contribution in [2.24, 2.45) is 0 Å². The molecular formula is C16H21N3O4. The number of hydrogen-bond donors (Lipinski definition) is 1. The Labute approximate surface area is 134 Å². The summed E-state index contributed by atoms with van der Waals surface area (Å²) in [5.41, 5.74) is 0.426. The van der Waals surface area contributed by atoms with E-state index in [1.54, 1.807) is 26.4 Å². The molecule has 0 unspecified atom stereocenters. The molecule has 1 N–H and O–H groups in total. The lowest BCUT2D eigenvalue weighted by atomic mass is 10.2. The van der Waals surface area contributed by atoms with Gasteiger partial charge in [0.2, 0.25) is 0 Å². The van der Waals surface area contributed by atoms with Gasteiger partial charge < -0.3 is 19.2 Å². The number of methoxy groups -OCH3 is 2. The first-order valence-corrected chi connectivity index (χ1v) is 7.59. The quantitative estimate of drug-likeness (QED) is 0.911. The number of H-pyrrole nitrogens is 1. The smallest absolute Gasteiger partial charge is 0.258 e. The molecule has 0 radical (unpaired) electrons. The SMILES string of the molecule is COc1cc2nc(CN3CCO[C@@H](C)C3)[nH]c(=O)c2cc1OC. The normalized spacial score (nSPS) is 19.0. The lowest BCUT2D eigenvalue weighted by Gasteiger charge is -2.30. The second-order valence-electron chi connectivity index (χ2n) is 5.65. The standard InChI is InChI=1S/C16H21N3O4/c1-10-8-19(4-5-23-10)9-15-17-12-7-14(22-3)13(21-2)6-11(12)16(20)18-15/h6-7,10H,4-5,8-9H2,1-3H3,(H,17,18,20)/t10-/m0/s1. The van der Waals surface area contributed by atoms with Crippen LogP contribution in [0.15, 0.2) is 16.9 Å². The van der Waals surface area contributed by atoms with Crippen LogP contribution in [0.5, 0.6) is 11.5 Å². The van der Waals surface area contributed by atoms with E-state index in [-0.39, 0.29) is 11.7 Å². The Bertz CT molecular complexity index is 759. The molecule has 1 aromatic heterocycles. The van der Waals surface area contributed by atoms with E-state index >= 15 is 0 Å². The Hall–Kier alpha value is -2.12. The van der Waals surface area contributed by atoms with E-state index < -0.39 is 0 Å². The fraction of sp³-hybridized carbons (Fsp3) is 0.500. The number of aromatic amines is 1. The predicted octanol–water partition coefficient (Wildman–Crippen LogP) is 1.16. The zero-order valence-corrected chi connectivity index (χ0v) is 13.6. The molecule has 0 amide bonds. The molecule has 0 saturated carbocycles. The minimum atomic E-state index is -0.174. The molecule has 1 saturated heterocycles. The van der Waals surface area contributed by atoms with Crippen LogP contribution >= 0.6 is 0 Å². The first-order chi connectivity index (χ1) is 11.1. The number of ether oxygens (including phenoxy) is 3. The van der Waals surface area contributed by atoms with E-state index in [0.29, 0.717) is 41.4 Å². The molecule has 1 atom stereocenters. The summed E-state index contributed by atoms with van der Waals surface area (Å²) in [6.07, 6.45) is 0.195. The molecule has 1 aliphatic heterocycles. The van der Waals surface area contributed by atoms with E-state index in [4.69, 9.17) is 14.2 Å². The van der Waals surface area contributed by atoms with Crippen LogP contribution in [0.4, 0.5) is 0 Å². The minimum absolute atomic E-state index is 0.174. The van der Waals surface area contributed by atoms with Crippen LogP contribution in [0, 0.1) is 0 Å². The number of nitrogens with zero attached hydrogens (tertiary/aromatic N) is 2. The fourth-order valence-electron chi connectivity index (χ4n) is 2.84. The topological polar surface area (TPSA) is 76.7 Å². The number of benzene rings is 1. The third-order valence-corrected chi connectivity index (χ3v) is 3.96. The molecule has 0 aliphatic carbocycles. The molecule has 1 aliphatic rings. The number of nitrogens with one attached hydrogen (secondary N) is 1. The van der Waals surface area contributed by atoms with Gasteiger partial charge in [-0.05, 0) is 13.0 Å². The summed E-state index contributed by atoms with van der Waals surface area (Å²) in [7, 11) is 3.10. The van der Waals surface area contributed by atoms with Crippen molar-refractivity contribution in [1.82, 2.24) is 14.9 Å². The lowest BCUT2D eigenvalue weighted by molar-refractivity contribution is -0.0219. The van der Waals surface area contributed by atoms with E-state index in [0.717, 1.165) is 13.1 Å². The highest BCUT2D eigenvalue weighted by Crippen LogP contribution is 2.29. The van der Waals surface area contributed by atoms with Crippen LogP contribution in [0.1, 0.15) is 12.7 Å². The third kappa shape index (κ3) is 3.30. The first-order valence-electron chi connectivity index (χ1n) is 7.59. The van der Waals surface area contributed by atoms with Gasteiger partial charge in [0.25, 0.3) is 5.56 Å². The monoisotopic (exact) mass is 319 g/mol. The Morgan fingerprint density at radius 3 is 2.78 bits per heavy atom. The summed E-state index contributed by atoms with van der Waals surface area (Å²) < 4.78 is 16.1. The molecule has 2 aromatic rings. The van der Waals surface area contributed by atoms with Crippen molar-refractivity contribution in [1.29, 1.82) is 0 Å². The minimum Gasteiger partial charge on any atom is -0.493 e. The Balaban J connectivity index is 1.95. The predicted molar refractivity (Wildman–Crippen MR) is 86.2 cm³/mol. The maximum Gasteiger partial charge on any atom is 0.258 e. The molecule has 7 nitrogen and oxygen atoms in total. The van der Waals surface area contributed by atoms with Crippen molar-refractivity contribution in [2.45, 2.75) is 19.6 Å². The second kappa shape index (κ2) is 6.55. The van der Waals surface area contributed by atoms with Gasteiger partial charge in [0.15, 0.2) is 11.5 Å². The molecule has 23 heavy (non-hydrogen) atoms. The Morgan fingerprint density at radius 2 is 2.09 bits per heavy atom. The van der Waals surface area contributed by atoms with Crippen molar-refractivity contribution >= 4 is 10.9 Å². The van der Waals surface area contributed by atoms with E-state index in [1.165, 1.54) is 0 Å². The van der Waals surface area contributed by atoms with Crippen LogP contribution in [-0.4, -0.2) is 54.9 Å². The summed E-state index contributed by atoms with van der Waals surface area (Å²) in [6, 6.07) is 3.38. The number of hydrogen-bond acceptors (Lipinski definition) is 6. The highest BCUT2D eigenvalue weighted by molar-refractivity contribution is 5.81. The van der Waals surface area contributed by atoms with Crippen molar-refractivity contribution in [3.63, 3.8) is 0 Å². The third-order valence-electron chi connectivity index (χ3n) is 3.96. The maximum atomic E-state index is 12.3. The zero-order valence-electron chi connectivity index (χ0n) is 13.6. The van der Waals surface area contributed by atoms with E-state index in [1.807, 2.05) is 6.92 Å². The van der Waals surface area contributed by atoms with Crippen molar-refractivity contribution in [3.8, 4) is 11.5 Å². The van der Waals surface area contributed by atoms with Crippen LogP contribution in [-0.2, 0) is 11.3 Å². The molecule has 3 rings (SSSR count). The van der Waals surface area contributed by atoms with Gasteiger partial charge in [0.05, 0.1) is 44.4 Å². The van der Waals surface area contributed by atoms with Crippen LogP contribution in [0.25, 0.3) is 10.9 Å². The van der Waals surface area contributed by atoms with E-state index in [2.05, 4.69) is 14.9 Å². The highest BCUT2D eigenvalue weighted by atomic mass is 16.5. The average molecular weight is 319 g/mol. The van der Waals surface area contributed by atoms with Crippen molar-refractivity contribution in [2.75, 3.05) is 33.9 Å². The van der Waals surface area contributed by atoms with Gasteiger partial charge in [-0.15, -0.1) is 0 Å². The van der Waals surface area contributed by atoms with Gasteiger partial charge in [-0.1, -0.05) is 0 Å². The molecule has 0 bridgehead atoms. The highest BCUT2D eigenvalue weighted by Gasteiger charge is 2.18.